The summed E-state index contributed by atoms with van der Waals surface area (Å²) in [6.07, 6.45) is 0.579. The van der Waals surface area contributed by atoms with Gasteiger partial charge in [-0.15, -0.1) is 0 Å². The van der Waals surface area contributed by atoms with Crippen molar-refractivity contribution in [1.82, 2.24) is 15.2 Å². The summed E-state index contributed by atoms with van der Waals surface area (Å²) >= 11 is 0. The average Bonchev–Trinajstić information content (AvgIpc) is 3.47. The van der Waals surface area contributed by atoms with Gasteiger partial charge in [-0.05, 0) is 37.1 Å². The number of hydrogen-bond donors (Lipinski definition) is 1. The number of likely N-dealkylation sites (tertiary alicyclic amines) is 1. The standard InChI is InChI=1S/C24H25N3O5S/c1-3-18(22(29)24-26-19-11-7-8-12-21(19)32-24)25-23(30)20-13-17(14-27(20)15(2)28)33(31)16-9-5-4-6-10-16/h4-12,17-18,20H,3,13-14H2,1-2H3,(H,25,30)/t17-,18?,20+,33?/m1/s1. The van der Waals surface area contributed by atoms with Crippen molar-refractivity contribution >= 4 is 39.5 Å². The van der Waals surface area contributed by atoms with Crippen LogP contribution >= 0.6 is 0 Å². The Kier molecular flexibility index (Phi) is 6.69. The summed E-state index contributed by atoms with van der Waals surface area (Å²) in [7, 11) is -1.36. The van der Waals surface area contributed by atoms with E-state index in [1.807, 2.05) is 6.07 Å². The second kappa shape index (κ2) is 9.66. The first-order valence-electron chi connectivity index (χ1n) is 10.8. The number of nitrogens with zero attached hydrogens (tertiary/aromatic N) is 2. The van der Waals surface area contributed by atoms with E-state index in [1.54, 1.807) is 55.5 Å². The Morgan fingerprint density at radius 1 is 1.15 bits per heavy atom. The molecule has 1 N–H and O–H groups in total. The summed E-state index contributed by atoms with van der Waals surface area (Å²) in [5, 5.41) is 2.38. The summed E-state index contributed by atoms with van der Waals surface area (Å²) in [5.41, 5.74) is 1.05. The highest BCUT2D eigenvalue weighted by Crippen LogP contribution is 2.26. The highest BCUT2D eigenvalue weighted by atomic mass is 32.2. The van der Waals surface area contributed by atoms with Crippen molar-refractivity contribution in [2.24, 2.45) is 0 Å². The zero-order valence-electron chi connectivity index (χ0n) is 18.4. The van der Waals surface area contributed by atoms with Crippen LogP contribution in [0.1, 0.15) is 37.4 Å². The fourth-order valence-electron chi connectivity index (χ4n) is 4.04. The van der Waals surface area contributed by atoms with Crippen LogP contribution in [-0.4, -0.2) is 55.6 Å². The van der Waals surface area contributed by atoms with Gasteiger partial charge in [0, 0.05) is 18.4 Å². The van der Waals surface area contributed by atoms with Crippen molar-refractivity contribution in [2.75, 3.05) is 6.54 Å². The molecule has 2 aromatic carbocycles. The minimum Gasteiger partial charge on any atom is -0.434 e. The smallest absolute Gasteiger partial charge is 0.266 e. The number of hydrogen-bond acceptors (Lipinski definition) is 6. The molecule has 0 saturated carbocycles. The molecule has 2 heterocycles. The second-order valence-corrected chi connectivity index (χ2v) is 9.71. The van der Waals surface area contributed by atoms with Gasteiger partial charge in [-0.25, -0.2) is 4.98 Å². The molecule has 1 aliphatic heterocycles. The quantitative estimate of drug-likeness (QED) is 0.535. The third kappa shape index (κ3) is 4.73. The van der Waals surface area contributed by atoms with Gasteiger partial charge in [0.15, 0.2) is 5.58 Å². The molecule has 1 saturated heterocycles. The first-order chi connectivity index (χ1) is 15.9. The van der Waals surface area contributed by atoms with E-state index in [1.165, 1.54) is 11.8 Å². The lowest BCUT2D eigenvalue weighted by molar-refractivity contribution is -0.137. The number of Topliss-reactive ketones (excluding diaryl/α,β-unsaturated/α-hetero) is 1. The minimum absolute atomic E-state index is 0.0683. The van der Waals surface area contributed by atoms with Crippen LogP contribution in [0.5, 0.6) is 0 Å². The molecule has 172 valence electrons. The van der Waals surface area contributed by atoms with Crippen LogP contribution in [0.3, 0.4) is 0 Å². The maximum Gasteiger partial charge on any atom is 0.266 e. The Bertz CT molecular complexity index is 1180. The maximum absolute atomic E-state index is 13.1. The van der Waals surface area contributed by atoms with Crippen molar-refractivity contribution in [3.63, 3.8) is 0 Å². The Labute approximate surface area is 193 Å². The monoisotopic (exact) mass is 467 g/mol. The molecule has 8 nitrogen and oxygen atoms in total. The van der Waals surface area contributed by atoms with Crippen LogP contribution in [0.2, 0.25) is 0 Å². The predicted octanol–water partition coefficient (Wildman–Crippen LogP) is 2.70. The zero-order chi connectivity index (χ0) is 23.5. The van der Waals surface area contributed by atoms with E-state index >= 15 is 0 Å². The van der Waals surface area contributed by atoms with Crippen molar-refractivity contribution in [1.29, 1.82) is 0 Å². The van der Waals surface area contributed by atoms with E-state index < -0.39 is 34.6 Å². The lowest BCUT2D eigenvalue weighted by Gasteiger charge is -2.24. The van der Waals surface area contributed by atoms with Crippen LogP contribution in [-0.2, 0) is 20.4 Å². The van der Waals surface area contributed by atoms with E-state index in [9.17, 15) is 18.6 Å². The largest absolute Gasteiger partial charge is 0.434 e. The number of aromatic nitrogens is 1. The molecule has 0 spiro atoms. The highest BCUT2D eigenvalue weighted by Gasteiger charge is 2.42. The number of carbonyl (C=O) groups excluding carboxylic acids is 3. The molecule has 2 unspecified atom stereocenters. The third-order valence-electron chi connectivity index (χ3n) is 5.79. The van der Waals surface area contributed by atoms with Crippen LogP contribution in [0.15, 0.2) is 63.9 Å². The van der Waals surface area contributed by atoms with Gasteiger partial charge >= 0.3 is 0 Å². The van der Waals surface area contributed by atoms with E-state index in [2.05, 4.69) is 10.3 Å². The zero-order valence-corrected chi connectivity index (χ0v) is 19.2. The normalized spacial score (nSPS) is 19.9. The molecule has 2 amide bonds. The first-order valence-corrected chi connectivity index (χ1v) is 12.0. The summed E-state index contributed by atoms with van der Waals surface area (Å²) in [6.45, 7) is 3.37. The van der Waals surface area contributed by atoms with Crippen LogP contribution < -0.4 is 5.32 Å². The number of ketones is 1. The second-order valence-electron chi connectivity index (χ2n) is 7.98. The molecule has 3 aromatic rings. The van der Waals surface area contributed by atoms with Crippen LogP contribution in [0, 0.1) is 0 Å². The lowest BCUT2D eigenvalue weighted by atomic mass is 10.1. The Morgan fingerprint density at radius 2 is 1.85 bits per heavy atom. The summed E-state index contributed by atoms with van der Waals surface area (Å²) < 4.78 is 18.6. The fraction of sp³-hybridized carbons (Fsp3) is 0.333. The molecular formula is C24H25N3O5S. The molecule has 0 aliphatic carbocycles. The summed E-state index contributed by atoms with van der Waals surface area (Å²) in [4.78, 5) is 44.6. The molecule has 4 rings (SSSR count). The average molecular weight is 468 g/mol. The topological polar surface area (TPSA) is 110 Å². The molecule has 33 heavy (non-hydrogen) atoms. The van der Waals surface area contributed by atoms with Gasteiger partial charge in [-0.3, -0.25) is 18.6 Å². The molecular weight excluding hydrogens is 442 g/mol. The van der Waals surface area contributed by atoms with Gasteiger partial charge in [0.1, 0.15) is 11.6 Å². The molecule has 1 aliphatic rings. The number of amides is 2. The SMILES string of the molecule is CCC(NC(=O)[C@@H]1C[C@@H](S(=O)c2ccccc2)CN1C(C)=O)C(=O)c1nc2ccccc2o1. The van der Waals surface area contributed by atoms with E-state index in [4.69, 9.17) is 4.42 Å². The van der Waals surface area contributed by atoms with Gasteiger partial charge in [0.05, 0.1) is 22.1 Å². The Balaban J connectivity index is 1.49. The van der Waals surface area contributed by atoms with Gasteiger partial charge in [-0.2, -0.15) is 0 Å². The molecule has 0 bridgehead atoms. The van der Waals surface area contributed by atoms with Gasteiger partial charge < -0.3 is 14.6 Å². The molecule has 9 heteroatoms. The highest BCUT2D eigenvalue weighted by molar-refractivity contribution is 7.85. The minimum atomic E-state index is -1.36. The number of carbonyl (C=O) groups is 3. The van der Waals surface area contributed by atoms with Crippen LogP contribution in [0.25, 0.3) is 11.1 Å². The number of oxazole rings is 1. The third-order valence-corrected chi connectivity index (χ3v) is 7.48. The van der Waals surface area contributed by atoms with E-state index in [-0.39, 0.29) is 30.0 Å². The first kappa shape index (κ1) is 22.8. The number of para-hydroxylation sites is 2. The van der Waals surface area contributed by atoms with Crippen molar-refractivity contribution in [2.45, 2.75) is 48.9 Å². The number of nitrogens with one attached hydrogen (secondary N) is 1. The molecule has 0 radical (unpaired) electrons. The number of fused-ring (bicyclic) bond motifs is 1. The van der Waals surface area contributed by atoms with Crippen molar-refractivity contribution in [3.8, 4) is 0 Å². The molecule has 4 atom stereocenters. The number of benzene rings is 2. The number of rotatable bonds is 7. The lowest BCUT2D eigenvalue weighted by Crippen LogP contribution is -2.50. The molecule has 1 fully saturated rings. The van der Waals surface area contributed by atoms with E-state index in [0.717, 1.165) is 0 Å². The van der Waals surface area contributed by atoms with Crippen molar-refractivity contribution < 1.29 is 23.0 Å². The van der Waals surface area contributed by atoms with Crippen LogP contribution in [0.4, 0.5) is 0 Å². The maximum atomic E-state index is 13.1. The summed E-state index contributed by atoms with van der Waals surface area (Å²) in [5.74, 6) is -1.23. The predicted molar refractivity (Wildman–Crippen MR) is 123 cm³/mol. The Morgan fingerprint density at radius 3 is 2.52 bits per heavy atom. The van der Waals surface area contributed by atoms with E-state index in [0.29, 0.717) is 22.4 Å². The van der Waals surface area contributed by atoms with Crippen molar-refractivity contribution in [3.05, 3.63) is 60.5 Å². The van der Waals surface area contributed by atoms with Gasteiger partial charge in [-0.1, -0.05) is 37.3 Å². The molecule has 1 aromatic heterocycles. The summed E-state index contributed by atoms with van der Waals surface area (Å²) in [6, 6.07) is 14.4. The Hall–Kier alpha value is -3.33. The fourth-order valence-corrected chi connectivity index (χ4v) is 5.51. The van der Waals surface area contributed by atoms with Gasteiger partial charge in [0.25, 0.3) is 5.89 Å². The van der Waals surface area contributed by atoms with Gasteiger partial charge in [0.2, 0.25) is 17.6 Å².